The molecule has 0 bridgehead atoms. The molecule has 0 radical (unpaired) electrons. The smallest absolute Gasteiger partial charge is 0.133 e. The SMILES string of the molecule is COC(NCCN1CCCCC1)C1CCCCC1C(C)=O. The third-order valence-electron chi connectivity index (χ3n) is 5.21. The van der Waals surface area contributed by atoms with E-state index >= 15 is 0 Å². The van der Waals surface area contributed by atoms with Gasteiger partial charge in [-0.15, -0.1) is 0 Å². The van der Waals surface area contributed by atoms with Crippen LogP contribution in [0.5, 0.6) is 0 Å². The third kappa shape index (κ3) is 5.04. The molecule has 2 fully saturated rings. The maximum atomic E-state index is 11.9. The first-order valence-electron chi connectivity index (χ1n) is 8.71. The third-order valence-corrected chi connectivity index (χ3v) is 5.21. The first-order chi connectivity index (χ1) is 10.2. The van der Waals surface area contributed by atoms with E-state index in [9.17, 15) is 4.79 Å². The molecular formula is C17H32N2O2. The lowest BCUT2D eigenvalue weighted by Gasteiger charge is -2.36. The highest BCUT2D eigenvalue weighted by atomic mass is 16.5. The summed E-state index contributed by atoms with van der Waals surface area (Å²) >= 11 is 0. The van der Waals surface area contributed by atoms with Crippen LogP contribution in [0.3, 0.4) is 0 Å². The van der Waals surface area contributed by atoms with Gasteiger partial charge in [0, 0.05) is 32.0 Å². The fourth-order valence-electron chi connectivity index (χ4n) is 3.98. The van der Waals surface area contributed by atoms with E-state index in [0.717, 1.165) is 25.9 Å². The fourth-order valence-corrected chi connectivity index (χ4v) is 3.98. The van der Waals surface area contributed by atoms with Gasteiger partial charge in [0.05, 0.1) is 0 Å². The predicted molar refractivity (Wildman–Crippen MR) is 85.2 cm³/mol. The van der Waals surface area contributed by atoms with E-state index < -0.39 is 0 Å². The molecule has 1 N–H and O–H groups in total. The van der Waals surface area contributed by atoms with Gasteiger partial charge in [-0.1, -0.05) is 19.3 Å². The lowest BCUT2D eigenvalue weighted by molar-refractivity contribution is -0.126. The summed E-state index contributed by atoms with van der Waals surface area (Å²) in [6.07, 6.45) is 8.64. The van der Waals surface area contributed by atoms with Gasteiger partial charge < -0.3 is 9.64 Å². The van der Waals surface area contributed by atoms with E-state index in [1.165, 1.54) is 45.2 Å². The average molecular weight is 296 g/mol. The van der Waals surface area contributed by atoms with Crippen LogP contribution in [0, 0.1) is 11.8 Å². The van der Waals surface area contributed by atoms with E-state index in [1.807, 2.05) is 0 Å². The Kier molecular flexibility index (Phi) is 7.14. The van der Waals surface area contributed by atoms with Crippen LogP contribution >= 0.6 is 0 Å². The van der Waals surface area contributed by atoms with Gasteiger partial charge >= 0.3 is 0 Å². The summed E-state index contributed by atoms with van der Waals surface area (Å²) in [4.78, 5) is 14.4. The van der Waals surface area contributed by atoms with Crippen LogP contribution in [-0.4, -0.2) is 50.2 Å². The molecule has 3 atom stereocenters. The Morgan fingerprint density at radius 3 is 2.57 bits per heavy atom. The number of likely N-dealkylation sites (tertiary alicyclic amines) is 1. The second-order valence-corrected chi connectivity index (χ2v) is 6.68. The molecule has 3 unspecified atom stereocenters. The minimum atomic E-state index is 0.0315. The van der Waals surface area contributed by atoms with Crippen molar-refractivity contribution in [3.8, 4) is 0 Å². The van der Waals surface area contributed by atoms with E-state index in [4.69, 9.17) is 4.74 Å². The Hall–Kier alpha value is -0.450. The molecule has 1 aliphatic heterocycles. The Bertz CT molecular complexity index is 316. The van der Waals surface area contributed by atoms with Crippen molar-refractivity contribution in [1.82, 2.24) is 10.2 Å². The second-order valence-electron chi connectivity index (χ2n) is 6.68. The zero-order valence-corrected chi connectivity index (χ0v) is 13.8. The number of methoxy groups -OCH3 is 1. The highest BCUT2D eigenvalue weighted by Crippen LogP contribution is 2.33. The molecule has 21 heavy (non-hydrogen) atoms. The largest absolute Gasteiger partial charge is 0.366 e. The van der Waals surface area contributed by atoms with Crippen molar-refractivity contribution < 1.29 is 9.53 Å². The van der Waals surface area contributed by atoms with Crippen molar-refractivity contribution in [1.29, 1.82) is 0 Å². The molecule has 1 heterocycles. The van der Waals surface area contributed by atoms with Crippen LogP contribution in [0.2, 0.25) is 0 Å². The molecule has 1 saturated heterocycles. The minimum absolute atomic E-state index is 0.0315. The van der Waals surface area contributed by atoms with Gasteiger partial charge in [0.2, 0.25) is 0 Å². The fraction of sp³-hybridized carbons (Fsp3) is 0.941. The van der Waals surface area contributed by atoms with Crippen LogP contribution in [0.1, 0.15) is 51.9 Å². The summed E-state index contributed by atoms with van der Waals surface area (Å²) in [6, 6.07) is 0. The molecule has 4 heteroatoms. The monoisotopic (exact) mass is 296 g/mol. The number of ketones is 1. The van der Waals surface area contributed by atoms with Crippen molar-refractivity contribution in [3.05, 3.63) is 0 Å². The second kappa shape index (κ2) is 8.86. The summed E-state index contributed by atoms with van der Waals surface area (Å²) < 4.78 is 5.68. The van der Waals surface area contributed by atoms with Crippen molar-refractivity contribution in [3.63, 3.8) is 0 Å². The number of hydrogen-bond donors (Lipinski definition) is 1. The van der Waals surface area contributed by atoms with Crippen molar-refractivity contribution in [2.45, 2.75) is 58.1 Å². The summed E-state index contributed by atoms with van der Waals surface area (Å²) in [5.74, 6) is 0.869. The van der Waals surface area contributed by atoms with Crippen molar-refractivity contribution in [2.24, 2.45) is 11.8 Å². The molecule has 0 aromatic heterocycles. The van der Waals surface area contributed by atoms with E-state index in [2.05, 4.69) is 10.2 Å². The van der Waals surface area contributed by atoms with Gasteiger partial charge in [0.25, 0.3) is 0 Å². The van der Waals surface area contributed by atoms with Crippen molar-refractivity contribution >= 4 is 5.78 Å². The number of nitrogens with zero attached hydrogens (tertiary/aromatic N) is 1. The first kappa shape index (κ1) is 16.9. The number of carbonyl (C=O) groups excluding carboxylic acids is 1. The van der Waals surface area contributed by atoms with E-state index in [1.54, 1.807) is 14.0 Å². The van der Waals surface area contributed by atoms with E-state index in [0.29, 0.717) is 11.7 Å². The molecule has 0 aromatic carbocycles. The predicted octanol–water partition coefficient (Wildman–Crippen LogP) is 2.43. The Labute approximate surface area is 129 Å². The van der Waals surface area contributed by atoms with Crippen LogP contribution in [0.4, 0.5) is 0 Å². The molecule has 0 aromatic rings. The minimum Gasteiger partial charge on any atom is -0.366 e. The molecule has 0 amide bonds. The lowest BCUT2D eigenvalue weighted by atomic mass is 9.76. The number of ether oxygens (including phenoxy) is 1. The van der Waals surface area contributed by atoms with Crippen LogP contribution in [-0.2, 0) is 9.53 Å². The van der Waals surface area contributed by atoms with Crippen LogP contribution in [0.25, 0.3) is 0 Å². The summed E-state index contributed by atoms with van der Waals surface area (Å²) in [6.45, 7) is 6.26. The van der Waals surface area contributed by atoms with E-state index in [-0.39, 0.29) is 12.1 Å². The van der Waals surface area contributed by atoms with Gasteiger partial charge in [-0.2, -0.15) is 0 Å². The molecule has 2 aliphatic rings. The number of rotatable bonds is 7. The average Bonchev–Trinajstić information content (AvgIpc) is 2.52. The standard InChI is InChI=1S/C17H32N2O2/c1-14(20)15-8-4-5-9-16(15)17(21-2)18-10-13-19-11-6-3-7-12-19/h15-18H,3-13H2,1-2H3. The highest BCUT2D eigenvalue weighted by molar-refractivity contribution is 5.78. The molecule has 122 valence electrons. The van der Waals surface area contributed by atoms with Crippen molar-refractivity contribution in [2.75, 3.05) is 33.3 Å². The topological polar surface area (TPSA) is 41.6 Å². The number of Topliss-reactive ketones (excluding diaryl/α,β-unsaturated/α-hetero) is 1. The normalized spacial score (nSPS) is 29.2. The molecular weight excluding hydrogens is 264 g/mol. The molecule has 0 spiro atoms. The molecule has 1 aliphatic carbocycles. The summed E-state index contributed by atoms with van der Waals surface area (Å²) in [5.41, 5.74) is 0. The Morgan fingerprint density at radius 1 is 1.19 bits per heavy atom. The van der Waals surface area contributed by atoms with Gasteiger partial charge in [-0.25, -0.2) is 0 Å². The number of piperidine rings is 1. The van der Waals surface area contributed by atoms with Gasteiger partial charge in [0.15, 0.2) is 0 Å². The zero-order chi connectivity index (χ0) is 15.1. The number of hydrogen-bond acceptors (Lipinski definition) is 4. The van der Waals surface area contributed by atoms with Crippen LogP contribution < -0.4 is 5.32 Å². The van der Waals surface area contributed by atoms with Gasteiger partial charge in [0.1, 0.15) is 12.0 Å². The quantitative estimate of drug-likeness (QED) is 0.733. The van der Waals surface area contributed by atoms with Gasteiger partial charge in [-0.05, 0) is 45.7 Å². The number of carbonyl (C=O) groups is 1. The number of nitrogens with one attached hydrogen (secondary N) is 1. The molecule has 4 nitrogen and oxygen atoms in total. The highest BCUT2D eigenvalue weighted by Gasteiger charge is 2.34. The first-order valence-corrected chi connectivity index (χ1v) is 8.71. The summed E-state index contributed by atoms with van der Waals surface area (Å²) in [5, 5.41) is 3.56. The zero-order valence-electron chi connectivity index (χ0n) is 13.8. The lowest BCUT2D eigenvalue weighted by Crippen LogP contribution is -2.47. The van der Waals surface area contributed by atoms with Gasteiger partial charge in [-0.3, -0.25) is 10.1 Å². The summed E-state index contributed by atoms with van der Waals surface area (Å²) in [7, 11) is 1.77. The van der Waals surface area contributed by atoms with Crippen LogP contribution in [0.15, 0.2) is 0 Å². The molecule has 1 saturated carbocycles. The Morgan fingerprint density at radius 2 is 1.90 bits per heavy atom. The maximum absolute atomic E-state index is 11.9. The molecule has 2 rings (SSSR count). The maximum Gasteiger partial charge on any atom is 0.133 e. The Balaban J connectivity index is 1.78.